The number of likely N-dealkylation sites (N-methyl/N-ethyl adjacent to an activating group) is 1. The highest BCUT2D eigenvalue weighted by Crippen LogP contribution is 2.43. The van der Waals surface area contributed by atoms with Crippen LogP contribution in [0.15, 0.2) is 54.7 Å². The van der Waals surface area contributed by atoms with E-state index in [1.54, 1.807) is 30.3 Å². The Hall–Kier alpha value is -3.68. The first-order valence-corrected chi connectivity index (χ1v) is 10.8. The van der Waals surface area contributed by atoms with Crippen molar-refractivity contribution in [3.63, 3.8) is 0 Å². The number of rotatable bonds is 3. The van der Waals surface area contributed by atoms with Gasteiger partial charge in [0.15, 0.2) is 0 Å². The molecule has 8 heteroatoms. The smallest absolute Gasteiger partial charge is 0.435 e. The van der Waals surface area contributed by atoms with Crippen molar-refractivity contribution < 1.29 is 19.1 Å². The van der Waals surface area contributed by atoms with E-state index in [0.717, 1.165) is 24.8 Å². The Kier molecular flexibility index (Phi) is 4.92. The Labute approximate surface area is 185 Å². The van der Waals surface area contributed by atoms with Crippen LogP contribution in [0.4, 0.5) is 15.3 Å². The summed E-state index contributed by atoms with van der Waals surface area (Å²) < 4.78 is 6.60. The molecule has 0 atom stereocenters. The third-order valence-corrected chi connectivity index (χ3v) is 6.48. The second-order valence-corrected chi connectivity index (χ2v) is 8.41. The Morgan fingerprint density at radius 2 is 1.81 bits per heavy atom. The number of carbonyl (C=O) groups excluding carboxylic acids is 3. The van der Waals surface area contributed by atoms with E-state index < -0.39 is 11.6 Å². The number of aromatic nitrogens is 2. The molecule has 2 aliphatic rings. The molecule has 1 spiro atoms. The maximum absolute atomic E-state index is 13.0. The van der Waals surface area contributed by atoms with Gasteiger partial charge in [-0.3, -0.25) is 14.6 Å². The first-order valence-electron chi connectivity index (χ1n) is 10.8. The fourth-order valence-electron chi connectivity index (χ4n) is 4.84. The quantitative estimate of drug-likeness (QED) is 0.576. The lowest BCUT2D eigenvalue weighted by atomic mass is 9.80. The molecule has 3 aromatic rings. The van der Waals surface area contributed by atoms with E-state index in [0.29, 0.717) is 29.4 Å². The highest BCUT2D eigenvalue weighted by Gasteiger charge is 2.56. The van der Waals surface area contributed by atoms with Gasteiger partial charge in [0, 0.05) is 18.1 Å². The summed E-state index contributed by atoms with van der Waals surface area (Å²) in [6.45, 7) is 0.151. The van der Waals surface area contributed by atoms with E-state index in [1.807, 2.05) is 36.4 Å². The van der Waals surface area contributed by atoms with Crippen molar-refractivity contribution in [3.8, 4) is 0 Å². The Bertz CT molecular complexity index is 1200. The van der Waals surface area contributed by atoms with Crippen molar-refractivity contribution in [2.45, 2.75) is 44.2 Å². The van der Waals surface area contributed by atoms with Gasteiger partial charge in [0.2, 0.25) is 0 Å². The molecule has 0 unspecified atom stereocenters. The van der Waals surface area contributed by atoms with Gasteiger partial charge in [-0.05, 0) is 36.6 Å². The Morgan fingerprint density at radius 3 is 2.56 bits per heavy atom. The van der Waals surface area contributed by atoms with Crippen molar-refractivity contribution in [3.05, 3.63) is 60.3 Å². The number of imide groups is 1. The molecule has 1 aliphatic carbocycles. The van der Waals surface area contributed by atoms with Crippen molar-refractivity contribution in [1.29, 1.82) is 0 Å². The summed E-state index contributed by atoms with van der Waals surface area (Å²) in [4.78, 5) is 41.4. The SMILES string of the molecule is CN1C(=O)N(c2ccc3c(cnn3C(=O)OCc3ccccc3)c2)C2(CCCCC2)C1=O. The second kappa shape index (κ2) is 7.78. The zero-order valence-corrected chi connectivity index (χ0v) is 17.9. The number of carbonyl (C=O) groups is 3. The average Bonchev–Trinajstić information content (AvgIpc) is 3.32. The maximum atomic E-state index is 13.0. The zero-order valence-electron chi connectivity index (χ0n) is 17.9. The number of nitrogens with zero attached hydrogens (tertiary/aromatic N) is 4. The molecule has 0 radical (unpaired) electrons. The van der Waals surface area contributed by atoms with Crippen LogP contribution in [-0.2, 0) is 16.1 Å². The molecule has 3 amide bonds. The first kappa shape index (κ1) is 20.2. The second-order valence-electron chi connectivity index (χ2n) is 8.41. The van der Waals surface area contributed by atoms with Gasteiger partial charge >= 0.3 is 12.1 Å². The number of benzene rings is 2. The van der Waals surface area contributed by atoms with Crippen molar-refractivity contribution >= 4 is 34.6 Å². The van der Waals surface area contributed by atoms with Crippen LogP contribution in [0.25, 0.3) is 10.9 Å². The van der Waals surface area contributed by atoms with Crippen LogP contribution in [0, 0.1) is 0 Å². The number of ether oxygens (including phenoxy) is 1. The van der Waals surface area contributed by atoms with Gasteiger partial charge < -0.3 is 4.74 Å². The summed E-state index contributed by atoms with van der Waals surface area (Å²) in [6, 6.07) is 14.4. The van der Waals surface area contributed by atoms with Gasteiger partial charge in [-0.1, -0.05) is 49.6 Å². The maximum Gasteiger partial charge on any atom is 0.435 e. The van der Waals surface area contributed by atoms with Crippen LogP contribution in [0.5, 0.6) is 0 Å². The van der Waals surface area contributed by atoms with Crippen molar-refractivity contribution in [2.24, 2.45) is 0 Å². The lowest BCUT2D eigenvalue weighted by molar-refractivity contribution is -0.130. The van der Waals surface area contributed by atoms with Gasteiger partial charge in [0.25, 0.3) is 5.91 Å². The minimum Gasteiger partial charge on any atom is -0.443 e. The largest absolute Gasteiger partial charge is 0.443 e. The number of anilines is 1. The molecule has 8 nitrogen and oxygen atoms in total. The van der Waals surface area contributed by atoms with Crippen LogP contribution >= 0.6 is 0 Å². The molecule has 1 saturated carbocycles. The lowest BCUT2D eigenvalue weighted by Crippen LogP contribution is -2.51. The third-order valence-electron chi connectivity index (χ3n) is 6.48. The minimum atomic E-state index is -0.817. The van der Waals surface area contributed by atoms with Gasteiger partial charge in [0.1, 0.15) is 12.1 Å². The fraction of sp³-hybridized carbons (Fsp3) is 0.333. The lowest BCUT2D eigenvalue weighted by Gasteiger charge is -2.38. The van der Waals surface area contributed by atoms with Crippen LogP contribution in [0.1, 0.15) is 37.7 Å². The molecular formula is C24H24N4O4. The number of hydrogen-bond donors (Lipinski definition) is 0. The molecule has 1 saturated heterocycles. The first-order chi connectivity index (χ1) is 15.5. The zero-order chi connectivity index (χ0) is 22.3. The summed E-state index contributed by atoms with van der Waals surface area (Å²) in [6.07, 6.45) is 5.20. The highest BCUT2D eigenvalue weighted by atomic mass is 16.6. The van der Waals surface area contributed by atoms with Crippen molar-refractivity contribution in [2.75, 3.05) is 11.9 Å². The molecule has 2 heterocycles. The van der Waals surface area contributed by atoms with Gasteiger partial charge in [-0.2, -0.15) is 9.78 Å². The molecule has 164 valence electrons. The van der Waals surface area contributed by atoms with E-state index in [4.69, 9.17) is 4.74 Å². The van der Waals surface area contributed by atoms with Crippen LogP contribution in [-0.4, -0.2) is 45.3 Å². The minimum absolute atomic E-state index is 0.137. The van der Waals surface area contributed by atoms with Crippen molar-refractivity contribution in [1.82, 2.24) is 14.7 Å². The molecule has 0 N–H and O–H groups in total. The summed E-state index contributed by atoms with van der Waals surface area (Å²) in [5, 5.41) is 4.88. The van der Waals surface area contributed by atoms with Gasteiger partial charge in [-0.25, -0.2) is 9.59 Å². The van der Waals surface area contributed by atoms with Crippen LogP contribution in [0.3, 0.4) is 0 Å². The van der Waals surface area contributed by atoms with E-state index in [1.165, 1.54) is 9.58 Å². The average molecular weight is 432 g/mol. The van der Waals surface area contributed by atoms with E-state index in [9.17, 15) is 14.4 Å². The Morgan fingerprint density at radius 1 is 1.06 bits per heavy atom. The predicted octanol–water partition coefficient (Wildman–Crippen LogP) is 4.32. The summed E-state index contributed by atoms with van der Waals surface area (Å²) >= 11 is 0. The van der Waals surface area contributed by atoms with Crippen LogP contribution in [0.2, 0.25) is 0 Å². The molecule has 32 heavy (non-hydrogen) atoms. The topological polar surface area (TPSA) is 84.7 Å². The molecule has 0 bridgehead atoms. The summed E-state index contributed by atoms with van der Waals surface area (Å²) in [5.74, 6) is -0.137. The van der Waals surface area contributed by atoms with Gasteiger partial charge in [0.05, 0.1) is 11.7 Å². The number of urea groups is 1. The fourth-order valence-corrected chi connectivity index (χ4v) is 4.84. The number of amides is 3. The number of hydrogen-bond acceptors (Lipinski definition) is 5. The van der Waals surface area contributed by atoms with E-state index >= 15 is 0 Å². The van der Waals surface area contributed by atoms with Crippen LogP contribution < -0.4 is 4.90 Å². The third kappa shape index (κ3) is 3.14. The molecular weight excluding hydrogens is 408 g/mol. The summed E-state index contributed by atoms with van der Waals surface area (Å²) in [7, 11) is 1.54. The monoisotopic (exact) mass is 432 g/mol. The highest BCUT2D eigenvalue weighted by molar-refractivity contribution is 6.17. The number of fused-ring (bicyclic) bond motifs is 1. The summed E-state index contributed by atoms with van der Waals surface area (Å²) in [5.41, 5.74) is 1.29. The molecule has 1 aliphatic heterocycles. The van der Waals surface area contributed by atoms with Gasteiger partial charge in [-0.15, -0.1) is 0 Å². The molecule has 2 aromatic carbocycles. The molecule has 5 rings (SSSR count). The molecule has 1 aromatic heterocycles. The van der Waals surface area contributed by atoms with E-state index in [2.05, 4.69) is 5.10 Å². The molecule has 2 fully saturated rings. The standard InChI is InChI=1S/C24H24N4O4/c1-26-21(29)24(12-6-3-7-13-24)27(22(26)30)19-10-11-20-18(14-19)15-25-28(20)23(31)32-16-17-8-4-2-5-9-17/h2,4-5,8-11,14-15H,3,6-7,12-13,16H2,1H3. The normalized spacial score (nSPS) is 18.0. The Balaban J connectivity index is 1.44. The predicted molar refractivity (Wildman–Crippen MR) is 118 cm³/mol. The van der Waals surface area contributed by atoms with E-state index in [-0.39, 0.29) is 18.5 Å².